The largest absolute Gasteiger partial charge is 0.373 e. The van der Waals surface area contributed by atoms with Crippen LogP contribution in [0.2, 0.25) is 5.02 Å². The second-order valence-electron chi connectivity index (χ2n) is 4.49. The molecule has 0 amide bonds. The van der Waals surface area contributed by atoms with Gasteiger partial charge in [-0.3, -0.25) is 10.1 Å². The molecule has 0 aromatic heterocycles. The molecule has 0 bridgehead atoms. The number of nitriles is 1. The normalized spacial score (nSPS) is 11.5. The van der Waals surface area contributed by atoms with Gasteiger partial charge in [-0.25, -0.2) is 0 Å². The monoisotopic (exact) mass is 301 g/mol. The predicted octanol–water partition coefficient (Wildman–Crippen LogP) is 4.29. The Labute approximate surface area is 126 Å². The summed E-state index contributed by atoms with van der Waals surface area (Å²) in [7, 11) is 0. The third kappa shape index (κ3) is 3.30. The number of halogens is 1. The number of para-hydroxylation sites is 1. The van der Waals surface area contributed by atoms with Crippen molar-refractivity contribution in [2.75, 3.05) is 5.32 Å². The van der Waals surface area contributed by atoms with Crippen LogP contribution >= 0.6 is 11.6 Å². The molecule has 0 radical (unpaired) electrons. The molecule has 2 aromatic rings. The van der Waals surface area contributed by atoms with Gasteiger partial charge in [-0.2, -0.15) is 5.26 Å². The molecule has 2 aromatic carbocycles. The van der Waals surface area contributed by atoms with Gasteiger partial charge in [0.1, 0.15) is 17.3 Å². The van der Waals surface area contributed by atoms with Gasteiger partial charge < -0.3 is 5.32 Å². The van der Waals surface area contributed by atoms with E-state index in [0.29, 0.717) is 10.7 Å². The lowest BCUT2D eigenvalue weighted by Crippen LogP contribution is -2.09. The first-order valence-corrected chi connectivity index (χ1v) is 6.60. The Morgan fingerprint density at radius 3 is 2.67 bits per heavy atom. The number of nitro benzene ring substituents is 1. The zero-order chi connectivity index (χ0) is 15.4. The van der Waals surface area contributed by atoms with Crippen LogP contribution in [-0.4, -0.2) is 4.92 Å². The predicted molar refractivity (Wildman–Crippen MR) is 81.3 cm³/mol. The van der Waals surface area contributed by atoms with Crippen molar-refractivity contribution >= 4 is 23.0 Å². The summed E-state index contributed by atoms with van der Waals surface area (Å²) in [6.07, 6.45) is 0. The number of nitrogens with zero attached hydrogens (tertiary/aromatic N) is 2. The fraction of sp³-hybridized carbons (Fsp3) is 0.133. The van der Waals surface area contributed by atoms with Crippen LogP contribution in [-0.2, 0) is 0 Å². The van der Waals surface area contributed by atoms with Crippen LogP contribution in [0.5, 0.6) is 0 Å². The van der Waals surface area contributed by atoms with E-state index in [-0.39, 0.29) is 17.3 Å². The van der Waals surface area contributed by atoms with Crippen molar-refractivity contribution in [1.29, 1.82) is 5.26 Å². The SMILES string of the molecule is CC(Nc1cccc(C#N)c1[N+](=O)[O-])c1cccc(Cl)c1. The van der Waals surface area contributed by atoms with Crippen LogP contribution in [0, 0.1) is 21.4 Å². The average Bonchev–Trinajstić information content (AvgIpc) is 2.46. The molecule has 0 aliphatic rings. The summed E-state index contributed by atoms with van der Waals surface area (Å²) >= 11 is 5.94. The van der Waals surface area contributed by atoms with Crippen LogP contribution in [0.3, 0.4) is 0 Å². The Bertz CT molecular complexity index is 725. The Hall–Kier alpha value is -2.58. The van der Waals surface area contributed by atoms with Crippen LogP contribution in [0.4, 0.5) is 11.4 Å². The maximum Gasteiger partial charge on any atom is 0.309 e. The molecule has 1 unspecified atom stereocenters. The van der Waals surface area contributed by atoms with Crippen molar-refractivity contribution in [3.8, 4) is 6.07 Å². The zero-order valence-corrected chi connectivity index (χ0v) is 12.0. The summed E-state index contributed by atoms with van der Waals surface area (Å²) in [5.74, 6) is 0. The lowest BCUT2D eigenvalue weighted by atomic mass is 10.1. The highest BCUT2D eigenvalue weighted by molar-refractivity contribution is 6.30. The molecule has 1 atom stereocenters. The Kier molecular flexibility index (Phi) is 4.41. The Morgan fingerprint density at radius 1 is 1.33 bits per heavy atom. The van der Waals surface area contributed by atoms with E-state index in [4.69, 9.17) is 16.9 Å². The first kappa shape index (κ1) is 14.8. The van der Waals surface area contributed by atoms with E-state index in [1.165, 1.54) is 6.07 Å². The number of nitro groups is 1. The van der Waals surface area contributed by atoms with Crippen molar-refractivity contribution in [1.82, 2.24) is 0 Å². The molecule has 5 nitrogen and oxygen atoms in total. The first-order valence-electron chi connectivity index (χ1n) is 6.22. The van der Waals surface area contributed by atoms with Crippen LogP contribution < -0.4 is 5.32 Å². The summed E-state index contributed by atoms with van der Waals surface area (Å²) in [6, 6.07) is 13.5. The second kappa shape index (κ2) is 6.25. The van der Waals surface area contributed by atoms with Crippen LogP contribution in [0.1, 0.15) is 24.1 Å². The molecule has 0 heterocycles. The Balaban J connectivity index is 2.36. The first-order chi connectivity index (χ1) is 10.0. The number of anilines is 1. The van der Waals surface area contributed by atoms with E-state index in [1.807, 2.05) is 25.1 Å². The minimum Gasteiger partial charge on any atom is -0.373 e. The lowest BCUT2D eigenvalue weighted by molar-refractivity contribution is -0.384. The smallest absolute Gasteiger partial charge is 0.309 e. The highest BCUT2D eigenvalue weighted by Gasteiger charge is 2.20. The molecular weight excluding hydrogens is 290 g/mol. The molecular formula is C15H12ClN3O2. The maximum atomic E-state index is 11.2. The summed E-state index contributed by atoms with van der Waals surface area (Å²) in [5, 5.41) is 23.8. The number of nitrogens with one attached hydrogen (secondary N) is 1. The van der Waals surface area contributed by atoms with Gasteiger partial charge in [0.15, 0.2) is 0 Å². The number of hydrogen-bond donors (Lipinski definition) is 1. The molecule has 2 rings (SSSR count). The van der Waals surface area contributed by atoms with Gasteiger partial charge in [0, 0.05) is 11.1 Å². The fourth-order valence-electron chi connectivity index (χ4n) is 2.04. The zero-order valence-electron chi connectivity index (χ0n) is 11.2. The van der Waals surface area contributed by atoms with E-state index in [1.54, 1.807) is 24.3 Å². The van der Waals surface area contributed by atoms with Gasteiger partial charge in [0.05, 0.1) is 4.92 Å². The molecule has 0 aliphatic heterocycles. The quantitative estimate of drug-likeness (QED) is 0.674. The Morgan fingerprint density at radius 2 is 2.05 bits per heavy atom. The van der Waals surface area contributed by atoms with E-state index in [0.717, 1.165) is 5.56 Å². The second-order valence-corrected chi connectivity index (χ2v) is 4.93. The lowest BCUT2D eigenvalue weighted by Gasteiger charge is -2.16. The third-order valence-electron chi connectivity index (χ3n) is 3.06. The summed E-state index contributed by atoms with van der Waals surface area (Å²) < 4.78 is 0. The van der Waals surface area contributed by atoms with E-state index < -0.39 is 4.92 Å². The molecule has 0 fully saturated rings. The van der Waals surface area contributed by atoms with Gasteiger partial charge in [0.25, 0.3) is 0 Å². The topological polar surface area (TPSA) is 79.0 Å². The van der Waals surface area contributed by atoms with Gasteiger partial charge in [-0.1, -0.05) is 29.8 Å². The minimum atomic E-state index is -0.550. The van der Waals surface area contributed by atoms with Gasteiger partial charge in [0.2, 0.25) is 0 Å². The van der Waals surface area contributed by atoms with Crippen molar-refractivity contribution in [3.63, 3.8) is 0 Å². The molecule has 6 heteroatoms. The third-order valence-corrected chi connectivity index (χ3v) is 3.29. The standard InChI is InChI=1S/C15H12ClN3O2/c1-10(11-4-2-6-13(16)8-11)18-14-7-3-5-12(9-17)15(14)19(20)21/h2-8,10,18H,1H3. The van der Waals surface area contributed by atoms with Crippen molar-refractivity contribution in [3.05, 3.63) is 68.7 Å². The average molecular weight is 302 g/mol. The molecule has 0 spiro atoms. The number of rotatable bonds is 4. The number of benzene rings is 2. The molecule has 21 heavy (non-hydrogen) atoms. The highest BCUT2D eigenvalue weighted by Crippen LogP contribution is 2.31. The van der Waals surface area contributed by atoms with Gasteiger partial charge >= 0.3 is 5.69 Å². The summed E-state index contributed by atoms with van der Waals surface area (Å²) in [4.78, 5) is 10.6. The summed E-state index contributed by atoms with van der Waals surface area (Å²) in [5.41, 5.74) is 1.03. The summed E-state index contributed by atoms with van der Waals surface area (Å²) in [6.45, 7) is 1.87. The van der Waals surface area contributed by atoms with E-state index in [2.05, 4.69) is 5.32 Å². The molecule has 0 saturated heterocycles. The van der Waals surface area contributed by atoms with Gasteiger partial charge in [-0.15, -0.1) is 0 Å². The molecule has 0 aliphatic carbocycles. The van der Waals surface area contributed by atoms with Crippen molar-refractivity contribution < 1.29 is 4.92 Å². The highest BCUT2D eigenvalue weighted by atomic mass is 35.5. The van der Waals surface area contributed by atoms with E-state index in [9.17, 15) is 10.1 Å². The van der Waals surface area contributed by atoms with Gasteiger partial charge in [-0.05, 0) is 36.8 Å². The molecule has 106 valence electrons. The number of hydrogen-bond acceptors (Lipinski definition) is 4. The van der Waals surface area contributed by atoms with Crippen LogP contribution in [0.15, 0.2) is 42.5 Å². The fourth-order valence-corrected chi connectivity index (χ4v) is 2.24. The molecule has 1 N–H and O–H groups in total. The van der Waals surface area contributed by atoms with Crippen molar-refractivity contribution in [2.45, 2.75) is 13.0 Å². The maximum absolute atomic E-state index is 11.2. The molecule has 0 saturated carbocycles. The van der Waals surface area contributed by atoms with Crippen LogP contribution in [0.25, 0.3) is 0 Å². The van der Waals surface area contributed by atoms with E-state index >= 15 is 0 Å². The van der Waals surface area contributed by atoms with Crippen molar-refractivity contribution in [2.24, 2.45) is 0 Å². The minimum absolute atomic E-state index is 0.0308.